The van der Waals surface area contributed by atoms with Crippen LogP contribution in [0.2, 0.25) is 0 Å². The molecule has 0 aliphatic carbocycles. The van der Waals surface area contributed by atoms with Crippen LogP contribution in [-0.2, 0) is 6.54 Å². The molecule has 1 N–H and O–H groups in total. The van der Waals surface area contributed by atoms with Crippen molar-refractivity contribution in [1.29, 1.82) is 0 Å². The summed E-state index contributed by atoms with van der Waals surface area (Å²) in [4.78, 5) is 0. The Balaban J connectivity index is 2.42. The molecule has 1 aromatic heterocycles. The van der Waals surface area contributed by atoms with Gasteiger partial charge >= 0.3 is 0 Å². The molecule has 3 nitrogen and oxygen atoms in total. The van der Waals surface area contributed by atoms with Crippen LogP contribution in [0.3, 0.4) is 0 Å². The molecule has 1 rings (SSSR count). The van der Waals surface area contributed by atoms with E-state index in [1.54, 1.807) is 6.20 Å². The van der Waals surface area contributed by atoms with E-state index in [1.165, 1.54) is 0 Å². The highest BCUT2D eigenvalue weighted by atomic mass is 127. The third-order valence-corrected chi connectivity index (χ3v) is 1.70. The zero-order valence-electron chi connectivity index (χ0n) is 5.50. The third kappa shape index (κ3) is 2.26. The number of aromatic nitrogens is 2. The van der Waals surface area contributed by atoms with Gasteiger partial charge in [0.1, 0.15) is 0 Å². The molecule has 0 bridgehead atoms. The van der Waals surface area contributed by atoms with E-state index >= 15 is 0 Å². The van der Waals surface area contributed by atoms with Gasteiger partial charge in [0.15, 0.2) is 0 Å². The maximum atomic E-state index is 8.49. The number of aryl methyl sites for hydroxylation is 1. The first-order chi connectivity index (χ1) is 4.83. The minimum absolute atomic E-state index is 0.233. The predicted molar refractivity (Wildman–Crippen MR) is 46.6 cm³/mol. The molecule has 0 aromatic carbocycles. The average molecular weight is 252 g/mol. The van der Waals surface area contributed by atoms with E-state index in [1.807, 2.05) is 10.9 Å². The second-order valence-corrected chi connectivity index (χ2v) is 3.24. The van der Waals surface area contributed by atoms with Crippen LogP contribution in [0.5, 0.6) is 0 Å². The number of nitrogens with zero attached hydrogens (tertiary/aromatic N) is 2. The van der Waals surface area contributed by atoms with Gasteiger partial charge < -0.3 is 5.11 Å². The Labute approximate surface area is 73.2 Å². The number of aliphatic hydroxyl groups is 1. The summed E-state index contributed by atoms with van der Waals surface area (Å²) in [5.41, 5.74) is 0. The van der Waals surface area contributed by atoms with Crippen molar-refractivity contribution >= 4 is 22.6 Å². The van der Waals surface area contributed by atoms with Crippen molar-refractivity contribution in [2.75, 3.05) is 6.61 Å². The molecule has 0 fully saturated rings. The summed E-state index contributed by atoms with van der Waals surface area (Å²) in [6, 6.07) is 0. The lowest BCUT2D eigenvalue weighted by Crippen LogP contribution is -1.99. The van der Waals surface area contributed by atoms with Crippen LogP contribution < -0.4 is 0 Å². The number of rotatable bonds is 3. The molecule has 0 aliphatic heterocycles. The van der Waals surface area contributed by atoms with Gasteiger partial charge in [-0.05, 0) is 29.0 Å². The SMILES string of the molecule is OCCCn1cc(I)cn1. The Hall–Kier alpha value is -0.100. The molecule has 0 amide bonds. The smallest absolute Gasteiger partial charge is 0.0623 e. The van der Waals surface area contributed by atoms with E-state index in [2.05, 4.69) is 27.7 Å². The molecule has 0 unspecified atom stereocenters. The average Bonchev–Trinajstić information content (AvgIpc) is 2.31. The summed E-state index contributed by atoms with van der Waals surface area (Å²) < 4.78 is 2.97. The van der Waals surface area contributed by atoms with Crippen molar-refractivity contribution in [1.82, 2.24) is 9.78 Å². The molecule has 1 aromatic rings. The fraction of sp³-hybridized carbons (Fsp3) is 0.500. The summed E-state index contributed by atoms with van der Waals surface area (Å²) in [5.74, 6) is 0. The van der Waals surface area contributed by atoms with Crippen LogP contribution in [-0.4, -0.2) is 21.5 Å². The van der Waals surface area contributed by atoms with Crippen LogP contribution in [0.4, 0.5) is 0 Å². The van der Waals surface area contributed by atoms with Crippen molar-refractivity contribution < 1.29 is 5.11 Å². The van der Waals surface area contributed by atoms with Gasteiger partial charge in [-0.3, -0.25) is 4.68 Å². The summed E-state index contributed by atoms with van der Waals surface area (Å²) in [6.07, 6.45) is 4.53. The highest BCUT2D eigenvalue weighted by Gasteiger charge is 1.92. The molecule has 1 heterocycles. The van der Waals surface area contributed by atoms with Gasteiger partial charge in [-0.1, -0.05) is 0 Å². The van der Waals surface area contributed by atoms with Crippen molar-refractivity contribution in [2.45, 2.75) is 13.0 Å². The number of aliphatic hydroxyl groups excluding tert-OH is 1. The summed E-state index contributed by atoms with van der Waals surface area (Å²) >= 11 is 2.21. The standard InChI is InChI=1S/C6H9IN2O/c7-6-4-8-9(5-6)2-1-3-10/h4-5,10H,1-3H2. The van der Waals surface area contributed by atoms with E-state index < -0.39 is 0 Å². The molecule has 10 heavy (non-hydrogen) atoms. The topological polar surface area (TPSA) is 38.0 Å². The second kappa shape index (κ2) is 3.92. The first kappa shape index (κ1) is 8.00. The molecule has 0 radical (unpaired) electrons. The quantitative estimate of drug-likeness (QED) is 0.810. The van der Waals surface area contributed by atoms with E-state index in [0.29, 0.717) is 0 Å². The first-order valence-electron chi connectivity index (χ1n) is 3.12. The van der Waals surface area contributed by atoms with Gasteiger partial charge in [0.2, 0.25) is 0 Å². The van der Waals surface area contributed by atoms with E-state index in [9.17, 15) is 0 Å². The van der Waals surface area contributed by atoms with Gasteiger partial charge in [0.05, 0.1) is 9.77 Å². The van der Waals surface area contributed by atoms with Gasteiger partial charge in [0, 0.05) is 19.3 Å². The minimum atomic E-state index is 0.233. The van der Waals surface area contributed by atoms with Crippen LogP contribution >= 0.6 is 22.6 Å². The van der Waals surface area contributed by atoms with E-state index in [4.69, 9.17) is 5.11 Å². The van der Waals surface area contributed by atoms with Crippen molar-refractivity contribution in [3.63, 3.8) is 0 Å². The van der Waals surface area contributed by atoms with Crippen molar-refractivity contribution in [3.05, 3.63) is 16.0 Å². The highest BCUT2D eigenvalue weighted by molar-refractivity contribution is 14.1. The predicted octanol–water partition coefficient (Wildman–Crippen LogP) is 0.870. The summed E-state index contributed by atoms with van der Waals surface area (Å²) in [5, 5.41) is 12.5. The highest BCUT2D eigenvalue weighted by Crippen LogP contribution is 2.01. The number of hydrogen-bond acceptors (Lipinski definition) is 2. The molecule has 0 saturated carbocycles. The lowest BCUT2D eigenvalue weighted by molar-refractivity contribution is 0.277. The van der Waals surface area contributed by atoms with Crippen molar-refractivity contribution in [3.8, 4) is 0 Å². The normalized spacial score (nSPS) is 10.2. The Bertz CT molecular complexity index is 199. The molecule has 0 saturated heterocycles. The molecular formula is C6H9IN2O. The molecule has 0 atom stereocenters. The molecule has 4 heteroatoms. The Kier molecular flexibility index (Phi) is 3.14. The van der Waals surface area contributed by atoms with Gasteiger partial charge in [-0.15, -0.1) is 0 Å². The van der Waals surface area contributed by atoms with Crippen LogP contribution in [0.1, 0.15) is 6.42 Å². The van der Waals surface area contributed by atoms with Crippen molar-refractivity contribution in [2.24, 2.45) is 0 Å². The molecule has 56 valence electrons. The van der Waals surface area contributed by atoms with Crippen LogP contribution in [0.25, 0.3) is 0 Å². The summed E-state index contributed by atoms with van der Waals surface area (Å²) in [6.45, 7) is 1.04. The van der Waals surface area contributed by atoms with E-state index in [-0.39, 0.29) is 6.61 Å². The van der Waals surface area contributed by atoms with Crippen LogP contribution in [0, 0.1) is 3.57 Å². The van der Waals surface area contributed by atoms with Crippen LogP contribution in [0.15, 0.2) is 12.4 Å². The number of halogens is 1. The maximum absolute atomic E-state index is 8.49. The second-order valence-electron chi connectivity index (χ2n) is 2.00. The zero-order chi connectivity index (χ0) is 7.40. The fourth-order valence-electron chi connectivity index (χ4n) is 0.693. The zero-order valence-corrected chi connectivity index (χ0v) is 7.65. The maximum Gasteiger partial charge on any atom is 0.0623 e. The Morgan fingerprint density at radius 3 is 3.00 bits per heavy atom. The molecule has 0 spiro atoms. The first-order valence-corrected chi connectivity index (χ1v) is 4.19. The third-order valence-electron chi connectivity index (χ3n) is 1.15. The van der Waals surface area contributed by atoms with Gasteiger partial charge in [-0.25, -0.2) is 0 Å². The molecule has 0 aliphatic rings. The molecular weight excluding hydrogens is 243 g/mol. The Morgan fingerprint density at radius 2 is 2.50 bits per heavy atom. The largest absolute Gasteiger partial charge is 0.396 e. The monoisotopic (exact) mass is 252 g/mol. The summed E-state index contributed by atoms with van der Waals surface area (Å²) in [7, 11) is 0. The lowest BCUT2D eigenvalue weighted by Gasteiger charge is -1.95. The van der Waals surface area contributed by atoms with Gasteiger partial charge in [-0.2, -0.15) is 5.10 Å². The van der Waals surface area contributed by atoms with Gasteiger partial charge in [0.25, 0.3) is 0 Å². The fourth-order valence-corrected chi connectivity index (χ4v) is 1.14. The lowest BCUT2D eigenvalue weighted by atomic mass is 10.5. The number of hydrogen-bond donors (Lipinski definition) is 1. The minimum Gasteiger partial charge on any atom is -0.396 e. The Morgan fingerprint density at radius 1 is 1.70 bits per heavy atom. The van der Waals surface area contributed by atoms with E-state index in [0.717, 1.165) is 16.5 Å².